The Kier molecular flexibility index (Phi) is 21.0. The maximum atomic E-state index is 12.1. The Morgan fingerprint density at radius 1 is 0.784 bits per heavy atom. The predicted octanol–water partition coefficient (Wildman–Crippen LogP) is 7.93. The molecule has 1 aromatic heterocycles. The Balaban J connectivity index is 1.92. The molecule has 0 aliphatic carbocycles. The van der Waals surface area contributed by atoms with Gasteiger partial charge in [0.2, 0.25) is 11.8 Å². The first-order valence-electron chi connectivity index (χ1n) is 14.6. The number of nitrogens with one attached hydrogen (secondary N) is 1. The van der Waals surface area contributed by atoms with Crippen LogP contribution < -0.4 is 14.8 Å². The van der Waals surface area contributed by atoms with Gasteiger partial charge in [0.15, 0.2) is 0 Å². The van der Waals surface area contributed by atoms with E-state index in [0.717, 1.165) is 5.75 Å². The van der Waals surface area contributed by atoms with Crippen molar-refractivity contribution in [1.82, 2.24) is 15.3 Å². The van der Waals surface area contributed by atoms with Crippen LogP contribution in [0.5, 0.6) is 11.9 Å². The van der Waals surface area contributed by atoms with Gasteiger partial charge in [0.25, 0.3) is 0 Å². The molecular formula is C30H53N3O3S. The van der Waals surface area contributed by atoms with Crippen LogP contribution in [0.1, 0.15) is 121 Å². The monoisotopic (exact) mass is 535 g/mol. The molecule has 0 bridgehead atoms. The molecule has 1 rings (SSSR count). The van der Waals surface area contributed by atoms with E-state index in [-0.39, 0.29) is 11.9 Å². The van der Waals surface area contributed by atoms with E-state index in [2.05, 4.69) is 22.2 Å². The summed E-state index contributed by atoms with van der Waals surface area (Å²) in [6.45, 7) is 4.79. The summed E-state index contributed by atoms with van der Waals surface area (Å²) in [6.07, 6.45) is 25.6. The largest absolute Gasteiger partial charge is 0.480 e. The van der Waals surface area contributed by atoms with Crippen molar-refractivity contribution in [2.75, 3.05) is 32.3 Å². The molecule has 212 valence electrons. The smallest absolute Gasteiger partial charge is 0.319 e. The average molecular weight is 536 g/mol. The molecule has 0 saturated heterocycles. The number of rotatable bonds is 24. The number of nitrogens with zero attached hydrogens (tertiary/aromatic N) is 2. The molecule has 0 aliphatic heterocycles. The van der Waals surface area contributed by atoms with E-state index < -0.39 is 0 Å². The second-order valence-corrected chi connectivity index (χ2v) is 11.0. The van der Waals surface area contributed by atoms with E-state index in [4.69, 9.17) is 9.47 Å². The summed E-state index contributed by atoms with van der Waals surface area (Å²) in [7, 11) is 3.05. The number of carbonyl (C=O) groups excluding carboxylic acids is 1. The molecule has 1 heterocycles. The summed E-state index contributed by atoms with van der Waals surface area (Å²) >= 11 is 1.92. The van der Waals surface area contributed by atoms with Crippen molar-refractivity contribution in [2.24, 2.45) is 0 Å². The lowest BCUT2D eigenvalue weighted by Gasteiger charge is -2.08. The van der Waals surface area contributed by atoms with E-state index in [0.29, 0.717) is 23.7 Å². The van der Waals surface area contributed by atoms with E-state index in [1.165, 1.54) is 129 Å². The van der Waals surface area contributed by atoms with Crippen LogP contribution in [-0.2, 0) is 4.79 Å². The first kappa shape index (κ1) is 33.3. The number of aromatic nitrogens is 2. The maximum absolute atomic E-state index is 12.1. The quantitative estimate of drug-likeness (QED) is 0.107. The van der Waals surface area contributed by atoms with Gasteiger partial charge in [0, 0.05) is 18.4 Å². The lowest BCUT2D eigenvalue weighted by molar-refractivity contribution is -0.116. The zero-order valence-corrected chi connectivity index (χ0v) is 24.9. The third kappa shape index (κ3) is 17.4. The Hall–Kier alpha value is -1.76. The number of unbranched alkanes of at least 4 members (excludes halogenated alkanes) is 15. The summed E-state index contributed by atoms with van der Waals surface area (Å²) in [4.78, 5) is 20.5. The van der Waals surface area contributed by atoms with Gasteiger partial charge >= 0.3 is 6.01 Å². The molecular weight excluding hydrogens is 482 g/mol. The lowest BCUT2D eigenvalue weighted by atomic mass is 10.0. The number of ether oxygens (including phenoxy) is 2. The minimum atomic E-state index is -0.125. The van der Waals surface area contributed by atoms with Crippen LogP contribution in [0.15, 0.2) is 6.08 Å². The number of hydrogen-bond donors (Lipinski definition) is 1. The van der Waals surface area contributed by atoms with Crippen molar-refractivity contribution in [1.29, 1.82) is 0 Å². The molecule has 0 aliphatic rings. The van der Waals surface area contributed by atoms with Gasteiger partial charge in [-0.15, -0.1) is 0 Å². The number of amides is 1. The number of carbonyl (C=O) groups is 1. The van der Waals surface area contributed by atoms with Crippen LogP contribution in [0.3, 0.4) is 0 Å². The van der Waals surface area contributed by atoms with E-state index in [1.54, 1.807) is 6.08 Å². The number of aryl methyl sites for hydroxylation is 1. The molecule has 0 saturated carbocycles. The summed E-state index contributed by atoms with van der Waals surface area (Å²) in [6, 6.07) is 0.248. The molecule has 0 unspecified atom stereocenters. The van der Waals surface area contributed by atoms with Crippen molar-refractivity contribution < 1.29 is 14.3 Å². The van der Waals surface area contributed by atoms with Crippen molar-refractivity contribution in [3.63, 3.8) is 0 Å². The standard InChI is InChI=1S/C30H53N3O3S/c1-5-6-7-8-9-10-11-12-13-14-15-16-17-18-19-20-24-37-25-23-31-28(34)22-21-27-26(2)32-30(36-4)33-29(27)35-3/h21-22H,5-20,23-25H2,1-4H3,(H,31,34)/b22-21+. The molecule has 0 aromatic carbocycles. The van der Waals surface area contributed by atoms with Crippen LogP contribution in [0, 0.1) is 6.92 Å². The molecule has 0 fully saturated rings. The van der Waals surface area contributed by atoms with Crippen molar-refractivity contribution in [3.05, 3.63) is 17.3 Å². The molecule has 1 amide bonds. The summed E-state index contributed by atoms with van der Waals surface area (Å²) in [5, 5.41) is 2.94. The third-order valence-corrected chi connectivity index (χ3v) is 7.62. The molecule has 0 radical (unpaired) electrons. The van der Waals surface area contributed by atoms with Crippen molar-refractivity contribution >= 4 is 23.7 Å². The zero-order valence-electron chi connectivity index (χ0n) is 24.1. The first-order chi connectivity index (χ1) is 18.1. The normalized spacial score (nSPS) is 11.2. The van der Waals surface area contributed by atoms with Crippen molar-refractivity contribution in [2.45, 2.75) is 117 Å². The SMILES string of the molecule is CCCCCCCCCCCCCCCCCCSCCNC(=O)/C=C/c1c(C)nc(OC)nc1OC. The minimum Gasteiger partial charge on any atom is -0.480 e. The Morgan fingerprint density at radius 3 is 1.84 bits per heavy atom. The minimum absolute atomic E-state index is 0.125. The van der Waals surface area contributed by atoms with E-state index in [1.807, 2.05) is 18.7 Å². The highest BCUT2D eigenvalue weighted by Gasteiger charge is 2.10. The Morgan fingerprint density at radius 2 is 1.32 bits per heavy atom. The lowest BCUT2D eigenvalue weighted by Crippen LogP contribution is -2.23. The molecule has 7 heteroatoms. The second kappa shape index (κ2) is 23.4. The highest BCUT2D eigenvalue weighted by atomic mass is 32.2. The highest BCUT2D eigenvalue weighted by Crippen LogP contribution is 2.22. The Bertz CT molecular complexity index is 743. The summed E-state index contributed by atoms with van der Waals surface area (Å²) < 4.78 is 10.3. The number of thioether (sulfide) groups is 1. The van der Waals surface area contributed by atoms with E-state index in [9.17, 15) is 4.79 Å². The third-order valence-electron chi connectivity index (χ3n) is 6.55. The fourth-order valence-electron chi connectivity index (χ4n) is 4.29. The molecule has 1 N–H and O–H groups in total. The molecule has 6 nitrogen and oxygen atoms in total. The summed E-state index contributed by atoms with van der Waals surface area (Å²) in [5.74, 6) is 2.37. The van der Waals surface area contributed by atoms with Gasteiger partial charge in [-0.05, 0) is 25.2 Å². The molecule has 37 heavy (non-hydrogen) atoms. The average Bonchev–Trinajstić information content (AvgIpc) is 2.90. The van der Waals surface area contributed by atoms with Gasteiger partial charge in [-0.2, -0.15) is 21.7 Å². The van der Waals surface area contributed by atoms with Gasteiger partial charge in [-0.1, -0.05) is 103 Å². The van der Waals surface area contributed by atoms with Crippen LogP contribution in [0.2, 0.25) is 0 Å². The fourth-order valence-corrected chi connectivity index (χ4v) is 5.15. The Labute approximate surface area is 231 Å². The van der Waals surface area contributed by atoms with Crippen LogP contribution in [-0.4, -0.2) is 48.1 Å². The maximum Gasteiger partial charge on any atom is 0.319 e. The van der Waals surface area contributed by atoms with Crippen LogP contribution >= 0.6 is 11.8 Å². The topological polar surface area (TPSA) is 73.3 Å². The van der Waals surface area contributed by atoms with Gasteiger partial charge in [-0.25, -0.2) is 0 Å². The van der Waals surface area contributed by atoms with Gasteiger partial charge in [-0.3, -0.25) is 4.79 Å². The molecule has 0 atom stereocenters. The summed E-state index contributed by atoms with van der Waals surface area (Å²) in [5.41, 5.74) is 1.37. The van der Waals surface area contributed by atoms with Crippen molar-refractivity contribution in [3.8, 4) is 11.9 Å². The molecule has 0 spiro atoms. The number of hydrogen-bond acceptors (Lipinski definition) is 6. The van der Waals surface area contributed by atoms with Gasteiger partial charge < -0.3 is 14.8 Å². The zero-order chi connectivity index (χ0) is 27.0. The second-order valence-electron chi connectivity index (χ2n) is 9.76. The first-order valence-corrected chi connectivity index (χ1v) is 15.8. The molecule has 1 aromatic rings. The predicted molar refractivity (Wildman–Crippen MR) is 159 cm³/mol. The fraction of sp³-hybridized carbons (Fsp3) is 0.767. The van der Waals surface area contributed by atoms with Crippen LogP contribution in [0.4, 0.5) is 0 Å². The van der Waals surface area contributed by atoms with Crippen LogP contribution in [0.25, 0.3) is 6.08 Å². The van der Waals surface area contributed by atoms with Gasteiger partial charge in [0.05, 0.1) is 25.5 Å². The van der Waals surface area contributed by atoms with Gasteiger partial charge in [0.1, 0.15) is 0 Å². The highest BCUT2D eigenvalue weighted by molar-refractivity contribution is 7.99. The number of methoxy groups -OCH3 is 2. The van der Waals surface area contributed by atoms with E-state index >= 15 is 0 Å².